The first-order chi connectivity index (χ1) is 18.9. The fourth-order valence-electron chi connectivity index (χ4n) is 4.53. The van der Waals surface area contributed by atoms with Crippen molar-refractivity contribution >= 4 is 34.4 Å². The maximum absolute atomic E-state index is 13.2. The van der Waals surface area contributed by atoms with Gasteiger partial charge in [0, 0.05) is 50.1 Å². The van der Waals surface area contributed by atoms with Crippen LogP contribution in [-0.4, -0.2) is 34.8 Å². The van der Waals surface area contributed by atoms with Crippen LogP contribution in [0, 0.1) is 11.2 Å². The van der Waals surface area contributed by atoms with E-state index in [1.54, 1.807) is 49.8 Å². The minimum absolute atomic E-state index is 0.0838. The smallest absolute Gasteiger partial charge is 0.156 e. The van der Waals surface area contributed by atoms with Crippen LogP contribution in [0.15, 0.2) is 84.1 Å². The van der Waals surface area contributed by atoms with Crippen molar-refractivity contribution in [3.05, 3.63) is 102 Å². The number of aliphatic imine (C=N–C) groups is 1. The molecule has 0 radical (unpaired) electrons. The molecule has 196 valence electrons. The highest BCUT2D eigenvalue weighted by Gasteiger charge is 2.54. The molecule has 39 heavy (non-hydrogen) atoms. The molecular weight excluding hydrogens is 495 g/mol. The molecule has 0 saturated heterocycles. The number of ether oxygens (including phenoxy) is 1. The number of carbonyl (C=O) groups is 2. The van der Waals surface area contributed by atoms with Crippen molar-refractivity contribution in [1.82, 2.24) is 9.97 Å². The lowest BCUT2D eigenvalue weighted by molar-refractivity contribution is -0.133. The summed E-state index contributed by atoms with van der Waals surface area (Å²) in [6.45, 7) is 0. The Morgan fingerprint density at radius 3 is 2.21 bits per heavy atom. The summed E-state index contributed by atoms with van der Waals surface area (Å²) in [5, 5.41) is 0. The number of hydrogen-bond donors (Lipinski definition) is 1. The first-order valence-electron chi connectivity index (χ1n) is 12.6. The summed E-state index contributed by atoms with van der Waals surface area (Å²) in [4.78, 5) is 39.1. The van der Waals surface area contributed by atoms with Gasteiger partial charge < -0.3 is 10.5 Å². The van der Waals surface area contributed by atoms with E-state index in [1.807, 2.05) is 24.3 Å². The number of fused-ring (bicyclic) bond motifs is 1. The van der Waals surface area contributed by atoms with Gasteiger partial charge in [-0.15, -0.1) is 0 Å². The lowest BCUT2D eigenvalue weighted by Crippen LogP contribution is -2.28. The monoisotopic (exact) mass is 522 g/mol. The van der Waals surface area contributed by atoms with E-state index in [9.17, 15) is 14.0 Å². The Balaban J connectivity index is 1.28. The molecule has 0 aliphatic heterocycles. The Labute approximate surface area is 225 Å². The van der Waals surface area contributed by atoms with E-state index in [0.717, 1.165) is 5.56 Å². The zero-order valence-corrected chi connectivity index (χ0v) is 21.4. The zero-order valence-electron chi connectivity index (χ0n) is 21.4. The number of nitrogens with zero attached hydrogens (tertiary/aromatic N) is 3. The lowest BCUT2D eigenvalue weighted by atomic mass is 9.88. The van der Waals surface area contributed by atoms with Gasteiger partial charge in [-0.25, -0.2) is 9.37 Å². The van der Waals surface area contributed by atoms with Crippen LogP contribution in [0.25, 0.3) is 16.6 Å². The van der Waals surface area contributed by atoms with Crippen LogP contribution in [0.5, 0.6) is 11.5 Å². The van der Waals surface area contributed by atoms with Gasteiger partial charge in [0.1, 0.15) is 17.1 Å². The van der Waals surface area contributed by atoms with E-state index < -0.39 is 5.41 Å². The Bertz CT molecular complexity index is 1590. The molecule has 1 aliphatic carbocycles. The zero-order chi connectivity index (χ0) is 27.4. The normalized spacial score (nSPS) is 14.5. The maximum atomic E-state index is 13.2. The van der Waals surface area contributed by atoms with Gasteiger partial charge >= 0.3 is 0 Å². The van der Waals surface area contributed by atoms with E-state index in [1.165, 1.54) is 18.3 Å². The molecule has 0 amide bonds. The van der Waals surface area contributed by atoms with E-state index >= 15 is 0 Å². The molecule has 4 aromatic rings. The maximum Gasteiger partial charge on any atom is 0.156 e. The first kappa shape index (κ1) is 25.9. The summed E-state index contributed by atoms with van der Waals surface area (Å²) in [6.07, 6.45) is 6.13. The Morgan fingerprint density at radius 1 is 0.974 bits per heavy atom. The third-order valence-corrected chi connectivity index (χ3v) is 6.90. The molecule has 7 nitrogen and oxygen atoms in total. The number of ketones is 2. The van der Waals surface area contributed by atoms with Gasteiger partial charge in [0.15, 0.2) is 17.3 Å². The first-order valence-corrected chi connectivity index (χ1v) is 12.6. The Kier molecular flexibility index (Phi) is 7.27. The van der Waals surface area contributed by atoms with Crippen LogP contribution in [-0.2, 0) is 22.4 Å². The minimum atomic E-state index is -0.928. The number of carbonyl (C=O) groups excluding carboxylic acids is 2. The SMILES string of the molecule is CN=CC(=CN)c1ccc2nccc(Oc3ccc(CC(=O)C4(C(=O)Cc5ccc(F)cc5)CC4)cc3)c2n1. The molecule has 2 aromatic carbocycles. The molecule has 1 aliphatic rings. The molecule has 2 heterocycles. The van der Waals surface area contributed by atoms with Crippen molar-refractivity contribution in [2.45, 2.75) is 25.7 Å². The van der Waals surface area contributed by atoms with Gasteiger partial charge in [-0.3, -0.25) is 19.6 Å². The Morgan fingerprint density at radius 2 is 1.62 bits per heavy atom. The fourth-order valence-corrected chi connectivity index (χ4v) is 4.53. The second-order valence-electron chi connectivity index (χ2n) is 9.54. The Hall–Kier alpha value is -4.72. The summed E-state index contributed by atoms with van der Waals surface area (Å²) in [5.41, 5.74) is 8.88. The topological polar surface area (TPSA) is 108 Å². The number of halogens is 1. The van der Waals surface area contributed by atoms with Crippen molar-refractivity contribution < 1.29 is 18.7 Å². The number of rotatable bonds is 10. The lowest BCUT2D eigenvalue weighted by Gasteiger charge is -2.14. The third kappa shape index (κ3) is 5.60. The number of nitrogens with two attached hydrogens (primary N) is 1. The van der Waals surface area contributed by atoms with Crippen LogP contribution in [0.4, 0.5) is 4.39 Å². The van der Waals surface area contributed by atoms with Gasteiger partial charge in [0.2, 0.25) is 0 Å². The van der Waals surface area contributed by atoms with Gasteiger partial charge in [-0.05, 0) is 60.4 Å². The van der Waals surface area contributed by atoms with Crippen molar-refractivity contribution in [2.75, 3.05) is 7.05 Å². The number of hydrogen-bond acceptors (Lipinski definition) is 7. The van der Waals surface area contributed by atoms with Crippen LogP contribution >= 0.6 is 0 Å². The molecule has 0 spiro atoms. The molecule has 2 N–H and O–H groups in total. The van der Waals surface area contributed by atoms with Crippen LogP contribution in [0.2, 0.25) is 0 Å². The van der Waals surface area contributed by atoms with Crippen LogP contribution in [0.1, 0.15) is 29.7 Å². The van der Waals surface area contributed by atoms with E-state index in [-0.39, 0.29) is 30.2 Å². The molecule has 5 rings (SSSR count). The minimum Gasteiger partial charge on any atom is -0.455 e. The van der Waals surface area contributed by atoms with E-state index in [0.29, 0.717) is 52.2 Å². The van der Waals surface area contributed by atoms with Gasteiger partial charge in [-0.2, -0.15) is 0 Å². The summed E-state index contributed by atoms with van der Waals surface area (Å²) in [6, 6.07) is 18.4. The number of allylic oxidation sites excluding steroid dienone is 1. The summed E-state index contributed by atoms with van der Waals surface area (Å²) in [5.74, 6) is 0.560. The van der Waals surface area contributed by atoms with Gasteiger partial charge in [-0.1, -0.05) is 24.3 Å². The molecule has 2 aromatic heterocycles. The number of benzene rings is 2. The molecule has 0 atom stereocenters. The van der Waals surface area contributed by atoms with Crippen molar-refractivity contribution in [3.8, 4) is 11.5 Å². The summed E-state index contributed by atoms with van der Waals surface area (Å²) < 4.78 is 19.3. The molecular formula is C31H27FN4O3. The molecule has 1 saturated carbocycles. The molecule has 0 bridgehead atoms. The van der Waals surface area contributed by atoms with Crippen molar-refractivity contribution in [1.29, 1.82) is 0 Å². The second-order valence-corrected chi connectivity index (χ2v) is 9.54. The summed E-state index contributed by atoms with van der Waals surface area (Å²) >= 11 is 0. The highest BCUT2D eigenvalue weighted by molar-refractivity contribution is 6.11. The number of pyridine rings is 2. The standard InChI is InChI=1S/C31H27FN4O3/c1-34-19-22(18-33)25-10-11-26-30(36-25)27(12-15-35-26)39-24-8-4-21(5-9-24)17-29(38)31(13-14-31)28(37)16-20-2-6-23(32)7-3-20/h2-12,15,18-19H,13-14,16-17,33H2,1H3. The molecule has 1 fully saturated rings. The average molecular weight is 523 g/mol. The van der Waals surface area contributed by atoms with Gasteiger partial charge in [0.05, 0.1) is 16.6 Å². The van der Waals surface area contributed by atoms with Crippen LogP contribution in [0.3, 0.4) is 0 Å². The number of aromatic nitrogens is 2. The van der Waals surface area contributed by atoms with E-state index in [2.05, 4.69) is 15.0 Å². The molecule has 8 heteroatoms. The van der Waals surface area contributed by atoms with Crippen molar-refractivity contribution in [2.24, 2.45) is 16.1 Å². The fraction of sp³-hybridized carbons (Fsp3) is 0.194. The predicted molar refractivity (Wildman–Crippen MR) is 148 cm³/mol. The quantitative estimate of drug-likeness (QED) is 0.225. The predicted octanol–water partition coefficient (Wildman–Crippen LogP) is 5.27. The third-order valence-electron chi connectivity index (χ3n) is 6.90. The largest absolute Gasteiger partial charge is 0.455 e. The number of Topliss-reactive ketones (excluding diaryl/α,β-unsaturated/α-hetero) is 2. The second kappa shape index (κ2) is 10.9. The van der Waals surface area contributed by atoms with Crippen molar-refractivity contribution in [3.63, 3.8) is 0 Å². The highest BCUT2D eigenvalue weighted by atomic mass is 19.1. The highest BCUT2D eigenvalue weighted by Crippen LogP contribution is 2.48. The van der Waals surface area contributed by atoms with E-state index in [4.69, 9.17) is 10.5 Å². The average Bonchev–Trinajstić information content (AvgIpc) is 3.77. The van der Waals surface area contributed by atoms with Crippen LogP contribution < -0.4 is 10.5 Å². The summed E-state index contributed by atoms with van der Waals surface area (Å²) in [7, 11) is 1.66. The molecule has 0 unspecified atom stereocenters. The van der Waals surface area contributed by atoms with Gasteiger partial charge in [0.25, 0.3) is 0 Å².